The molecule has 3 nitrogen and oxygen atoms in total. The third kappa shape index (κ3) is 3.46. The van der Waals surface area contributed by atoms with Crippen LogP contribution in [0.1, 0.15) is 18.9 Å². The zero-order valence-corrected chi connectivity index (χ0v) is 14.4. The van der Waals surface area contributed by atoms with E-state index in [2.05, 4.69) is 29.3 Å². The van der Waals surface area contributed by atoms with E-state index in [-0.39, 0.29) is 12.5 Å². The molecular formula is C18H18Cl2N2O. The molecule has 2 aromatic rings. The number of carbonyl (C=O) groups excluding carboxylic acids is 1. The number of nitrogens with zero attached hydrogens (tertiary/aromatic N) is 1. The lowest BCUT2D eigenvalue weighted by Crippen LogP contribution is -2.42. The minimum atomic E-state index is -0.122. The van der Waals surface area contributed by atoms with Crippen LogP contribution in [0.15, 0.2) is 42.5 Å². The highest BCUT2D eigenvalue weighted by atomic mass is 35.5. The van der Waals surface area contributed by atoms with Crippen LogP contribution >= 0.6 is 23.2 Å². The number of carbonyl (C=O) groups is 1. The number of fused-ring (bicyclic) bond motifs is 1. The van der Waals surface area contributed by atoms with E-state index in [0.29, 0.717) is 21.8 Å². The molecule has 0 aliphatic carbocycles. The van der Waals surface area contributed by atoms with Gasteiger partial charge in [-0.25, -0.2) is 0 Å². The van der Waals surface area contributed by atoms with Crippen molar-refractivity contribution in [2.24, 2.45) is 0 Å². The van der Waals surface area contributed by atoms with Crippen LogP contribution in [-0.4, -0.2) is 18.5 Å². The van der Waals surface area contributed by atoms with Gasteiger partial charge in [0.1, 0.15) is 0 Å². The highest BCUT2D eigenvalue weighted by molar-refractivity contribution is 6.39. The number of anilines is 2. The molecule has 0 fully saturated rings. The Bertz CT molecular complexity index is 712. The van der Waals surface area contributed by atoms with Crippen molar-refractivity contribution >= 4 is 40.5 Å². The molecule has 0 aromatic heterocycles. The summed E-state index contributed by atoms with van der Waals surface area (Å²) in [6.45, 7) is 2.42. The van der Waals surface area contributed by atoms with Crippen molar-refractivity contribution in [3.8, 4) is 0 Å². The molecule has 0 saturated carbocycles. The molecule has 1 heterocycles. The number of benzene rings is 2. The number of para-hydroxylation sites is 2. The minimum Gasteiger partial charge on any atom is -0.359 e. The highest BCUT2D eigenvalue weighted by Crippen LogP contribution is 2.32. The van der Waals surface area contributed by atoms with E-state index < -0.39 is 0 Å². The SMILES string of the molecule is CC1CCc2ccccc2N1CC(=O)Nc1c(Cl)cccc1Cl. The molecule has 5 heteroatoms. The van der Waals surface area contributed by atoms with E-state index in [9.17, 15) is 4.79 Å². The normalized spacial score (nSPS) is 16.8. The van der Waals surface area contributed by atoms with Crippen molar-refractivity contribution in [1.29, 1.82) is 0 Å². The minimum absolute atomic E-state index is 0.122. The Morgan fingerprint density at radius 3 is 2.61 bits per heavy atom. The number of halogens is 2. The standard InChI is InChI=1S/C18H18Cl2N2O/c1-12-9-10-13-5-2-3-8-16(13)22(12)11-17(23)21-18-14(19)6-4-7-15(18)20/h2-8,12H,9-11H2,1H3,(H,21,23). The van der Waals surface area contributed by atoms with Gasteiger partial charge in [-0.1, -0.05) is 47.5 Å². The second-order valence-corrected chi connectivity index (χ2v) is 6.60. The third-order valence-corrected chi connectivity index (χ3v) is 4.84. The van der Waals surface area contributed by atoms with Gasteiger partial charge in [0, 0.05) is 11.7 Å². The number of rotatable bonds is 3. The van der Waals surface area contributed by atoms with Gasteiger partial charge in [-0.15, -0.1) is 0 Å². The Hall–Kier alpha value is -1.71. The fourth-order valence-corrected chi connectivity index (χ4v) is 3.44. The highest BCUT2D eigenvalue weighted by Gasteiger charge is 2.24. The molecule has 1 aliphatic heterocycles. The molecule has 2 aromatic carbocycles. The number of nitrogens with one attached hydrogen (secondary N) is 1. The van der Waals surface area contributed by atoms with Crippen LogP contribution in [0.25, 0.3) is 0 Å². The first-order valence-electron chi connectivity index (χ1n) is 7.64. The first kappa shape index (κ1) is 16.2. The smallest absolute Gasteiger partial charge is 0.243 e. The summed E-state index contributed by atoms with van der Waals surface area (Å²) in [4.78, 5) is 14.6. The monoisotopic (exact) mass is 348 g/mol. The summed E-state index contributed by atoms with van der Waals surface area (Å²) >= 11 is 12.2. The summed E-state index contributed by atoms with van der Waals surface area (Å²) in [6, 6.07) is 13.7. The van der Waals surface area contributed by atoms with Crippen LogP contribution < -0.4 is 10.2 Å². The number of hydrogen-bond donors (Lipinski definition) is 1. The average molecular weight is 349 g/mol. The van der Waals surface area contributed by atoms with E-state index in [0.717, 1.165) is 18.5 Å². The van der Waals surface area contributed by atoms with E-state index >= 15 is 0 Å². The number of amides is 1. The molecule has 1 amide bonds. The van der Waals surface area contributed by atoms with Gasteiger partial charge in [-0.05, 0) is 43.5 Å². The summed E-state index contributed by atoms with van der Waals surface area (Å²) in [6.07, 6.45) is 2.09. The zero-order valence-electron chi connectivity index (χ0n) is 12.9. The number of aryl methyl sites for hydroxylation is 1. The van der Waals surface area contributed by atoms with Gasteiger partial charge in [0.25, 0.3) is 0 Å². The van der Waals surface area contributed by atoms with E-state index in [1.54, 1.807) is 18.2 Å². The quantitative estimate of drug-likeness (QED) is 0.865. The van der Waals surface area contributed by atoms with Gasteiger partial charge in [0.2, 0.25) is 5.91 Å². The maximum Gasteiger partial charge on any atom is 0.243 e. The Balaban J connectivity index is 1.78. The lowest BCUT2D eigenvalue weighted by Gasteiger charge is -2.36. The lowest BCUT2D eigenvalue weighted by molar-refractivity contribution is -0.115. The molecule has 1 unspecified atom stereocenters. The zero-order chi connectivity index (χ0) is 16.4. The van der Waals surface area contributed by atoms with Crippen LogP contribution in [0.3, 0.4) is 0 Å². The maximum absolute atomic E-state index is 12.5. The molecule has 0 spiro atoms. The molecule has 120 valence electrons. The van der Waals surface area contributed by atoms with Gasteiger partial charge in [-0.2, -0.15) is 0 Å². The summed E-state index contributed by atoms with van der Waals surface area (Å²) in [5.74, 6) is -0.122. The molecule has 0 saturated heterocycles. The van der Waals surface area contributed by atoms with Gasteiger partial charge in [-0.3, -0.25) is 4.79 Å². The van der Waals surface area contributed by atoms with Gasteiger partial charge in [0.15, 0.2) is 0 Å². The lowest BCUT2D eigenvalue weighted by atomic mass is 9.96. The predicted molar refractivity (Wildman–Crippen MR) is 96.7 cm³/mol. The van der Waals surface area contributed by atoms with Gasteiger partial charge in [0.05, 0.1) is 22.3 Å². The van der Waals surface area contributed by atoms with E-state index in [1.165, 1.54) is 5.56 Å². The van der Waals surface area contributed by atoms with Crippen LogP contribution in [0.5, 0.6) is 0 Å². The molecule has 0 bridgehead atoms. The summed E-state index contributed by atoms with van der Waals surface area (Å²) in [7, 11) is 0. The Kier molecular flexibility index (Phi) is 4.79. The molecule has 0 radical (unpaired) electrons. The van der Waals surface area contributed by atoms with Crippen molar-refractivity contribution < 1.29 is 4.79 Å². The van der Waals surface area contributed by atoms with Crippen molar-refractivity contribution in [3.63, 3.8) is 0 Å². The summed E-state index contributed by atoms with van der Waals surface area (Å²) in [5.41, 5.74) is 2.89. The molecule has 1 aliphatic rings. The average Bonchev–Trinajstić information content (AvgIpc) is 2.54. The third-order valence-electron chi connectivity index (χ3n) is 4.21. The van der Waals surface area contributed by atoms with E-state index in [1.807, 2.05) is 12.1 Å². The fourth-order valence-electron chi connectivity index (χ4n) is 2.95. The maximum atomic E-state index is 12.5. The van der Waals surface area contributed by atoms with Crippen LogP contribution in [0, 0.1) is 0 Å². The Morgan fingerprint density at radius 2 is 1.87 bits per heavy atom. The second-order valence-electron chi connectivity index (χ2n) is 5.79. The molecule has 1 atom stereocenters. The first-order chi connectivity index (χ1) is 11.1. The Labute approximate surface area is 146 Å². The van der Waals surface area contributed by atoms with Crippen molar-refractivity contribution in [1.82, 2.24) is 0 Å². The van der Waals surface area contributed by atoms with Gasteiger partial charge >= 0.3 is 0 Å². The summed E-state index contributed by atoms with van der Waals surface area (Å²) < 4.78 is 0. The van der Waals surface area contributed by atoms with Crippen LogP contribution in [0.2, 0.25) is 10.0 Å². The van der Waals surface area contributed by atoms with Crippen LogP contribution in [-0.2, 0) is 11.2 Å². The number of hydrogen-bond acceptors (Lipinski definition) is 2. The molecule has 1 N–H and O–H groups in total. The topological polar surface area (TPSA) is 32.3 Å². The van der Waals surface area contributed by atoms with Gasteiger partial charge < -0.3 is 10.2 Å². The predicted octanol–water partition coefficient (Wildman–Crippen LogP) is 4.77. The van der Waals surface area contributed by atoms with Crippen molar-refractivity contribution in [2.75, 3.05) is 16.8 Å². The fraction of sp³-hybridized carbons (Fsp3) is 0.278. The molecule has 3 rings (SSSR count). The molecular weight excluding hydrogens is 331 g/mol. The van der Waals surface area contributed by atoms with E-state index in [4.69, 9.17) is 23.2 Å². The largest absolute Gasteiger partial charge is 0.359 e. The second kappa shape index (κ2) is 6.81. The van der Waals surface area contributed by atoms with Crippen molar-refractivity contribution in [3.05, 3.63) is 58.1 Å². The Morgan fingerprint density at radius 1 is 1.17 bits per heavy atom. The summed E-state index contributed by atoms with van der Waals surface area (Å²) in [5, 5.41) is 3.72. The molecule has 23 heavy (non-hydrogen) atoms. The van der Waals surface area contributed by atoms with Crippen molar-refractivity contribution in [2.45, 2.75) is 25.8 Å². The van der Waals surface area contributed by atoms with Crippen LogP contribution in [0.4, 0.5) is 11.4 Å². The first-order valence-corrected chi connectivity index (χ1v) is 8.40.